The predicted molar refractivity (Wildman–Crippen MR) is 174 cm³/mol. The molecule has 0 amide bonds. The van der Waals surface area contributed by atoms with E-state index in [4.69, 9.17) is 0 Å². The van der Waals surface area contributed by atoms with Gasteiger partial charge < -0.3 is 0 Å². The van der Waals surface area contributed by atoms with E-state index >= 15 is 0 Å². The molecule has 3 heteroatoms. The van der Waals surface area contributed by atoms with Crippen LogP contribution >= 0.6 is 0 Å². The van der Waals surface area contributed by atoms with Gasteiger partial charge in [0, 0.05) is 37.7 Å². The van der Waals surface area contributed by atoms with Gasteiger partial charge in [0.1, 0.15) is 0 Å². The number of rotatable bonds is 6. The Morgan fingerprint density at radius 3 is 0.462 bits per heavy atom. The molecule has 4 radical (unpaired) electrons. The van der Waals surface area contributed by atoms with Crippen molar-refractivity contribution in [2.45, 2.75) is 0 Å². The van der Waals surface area contributed by atoms with Crippen LogP contribution in [-0.4, -0.2) is 77.3 Å². The van der Waals surface area contributed by atoms with E-state index < -0.39 is 39.5 Å². The van der Waals surface area contributed by atoms with Gasteiger partial charge in [0.05, 0.1) is 0 Å². The molecule has 0 spiro atoms. The van der Waals surface area contributed by atoms with E-state index in [1.165, 1.54) is 21.5 Å². The van der Waals surface area contributed by atoms with Crippen LogP contribution < -0.4 is 21.5 Å². The summed E-state index contributed by atoms with van der Waals surface area (Å²) in [6.45, 7) is 0. The van der Waals surface area contributed by atoms with Crippen molar-refractivity contribution in [3.8, 4) is 0 Å². The maximum atomic E-state index is 2.29. The van der Waals surface area contributed by atoms with Gasteiger partial charge in [-0.3, -0.25) is 0 Å². The minimum absolute atomic E-state index is 0. The summed E-state index contributed by atoms with van der Waals surface area (Å²) in [5.74, 6) is 0. The van der Waals surface area contributed by atoms with E-state index in [-0.39, 0.29) is 37.7 Å². The zero-order valence-electron chi connectivity index (χ0n) is 22.0. The molecule has 0 atom stereocenters. The maximum absolute atomic E-state index is 2.29. The molecule has 0 aliphatic rings. The molecule has 6 aromatic rings. The third-order valence-corrected chi connectivity index (χ3v) is 22.0. The second-order valence-corrected chi connectivity index (χ2v) is 23.1. The molecule has 0 N–H and O–H groups in total. The Labute approximate surface area is 277 Å². The van der Waals surface area contributed by atoms with Crippen LogP contribution in [0.5, 0.6) is 0 Å². The molecular formula is C36H30CaSn2. The van der Waals surface area contributed by atoms with Crippen LogP contribution in [0.25, 0.3) is 0 Å². The Hall–Kier alpha value is -1.82. The summed E-state index contributed by atoms with van der Waals surface area (Å²) in [6.07, 6.45) is 0. The molecule has 6 rings (SSSR count). The molecule has 0 aliphatic heterocycles. The molecule has 0 unspecified atom stereocenters. The van der Waals surface area contributed by atoms with Crippen molar-refractivity contribution in [3.05, 3.63) is 182 Å². The molecule has 0 heterocycles. The second-order valence-electron chi connectivity index (χ2n) is 8.95. The van der Waals surface area contributed by atoms with Crippen LogP contribution in [0.15, 0.2) is 182 Å². The molecule has 6 aromatic carbocycles. The second kappa shape index (κ2) is 16.4. The fourth-order valence-electron chi connectivity index (χ4n) is 4.63. The molecular weight excluding hydrogens is 710 g/mol. The summed E-state index contributed by atoms with van der Waals surface area (Å²) in [5.41, 5.74) is 0. The summed E-state index contributed by atoms with van der Waals surface area (Å²) in [6, 6.07) is 65.9. The monoisotopic (exact) mass is 742 g/mol. The quantitative estimate of drug-likeness (QED) is 0.227. The van der Waals surface area contributed by atoms with E-state index in [2.05, 4.69) is 182 Å². The van der Waals surface area contributed by atoms with Crippen molar-refractivity contribution in [3.63, 3.8) is 0 Å². The van der Waals surface area contributed by atoms with Gasteiger partial charge in [0.15, 0.2) is 0 Å². The van der Waals surface area contributed by atoms with E-state index in [0.717, 1.165) is 0 Å². The average molecular weight is 740 g/mol. The third-order valence-electron chi connectivity index (χ3n) is 6.37. The van der Waals surface area contributed by atoms with Crippen molar-refractivity contribution in [2.75, 3.05) is 0 Å². The molecule has 0 saturated carbocycles. The average Bonchev–Trinajstić information content (AvgIpc) is 3.01. The van der Waals surface area contributed by atoms with Gasteiger partial charge in [-0.2, -0.15) is 0 Å². The van der Waals surface area contributed by atoms with Crippen LogP contribution in [0.4, 0.5) is 0 Å². The van der Waals surface area contributed by atoms with Gasteiger partial charge >= 0.3 is 243 Å². The molecule has 0 nitrogen and oxygen atoms in total. The fourth-order valence-corrected chi connectivity index (χ4v) is 19.3. The Bertz CT molecular complexity index is 1170. The topological polar surface area (TPSA) is 0 Å². The Balaban J connectivity index is 0.000000176. The number of hydrogen-bond acceptors (Lipinski definition) is 0. The Kier molecular flexibility index (Phi) is 12.7. The molecule has 0 fully saturated rings. The number of benzene rings is 6. The SMILES string of the molecule is [Ca].c1cc[c]([Sn]([c]2ccccc2)[c]2ccccc2)cc1.c1cc[c]([Sn]([c]2ccccc2)[c]2ccccc2)cc1. The summed E-state index contributed by atoms with van der Waals surface area (Å²) in [4.78, 5) is 0. The molecule has 184 valence electrons. The van der Waals surface area contributed by atoms with E-state index in [9.17, 15) is 0 Å². The fraction of sp³-hybridized carbons (Fsp3) is 0. The normalized spacial score (nSPS) is 10.3. The van der Waals surface area contributed by atoms with E-state index in [1.807, 2.05) is 0 Å². The molecule has 0 aliphatic carbocycles. The predicted octanol–water partition coefficient (Wildman–Crippen LogP) is 4.02. The summed E-state index contributed by atoms with van der Waals surface area (Å²) >= 11 is -3.96. The first-order valence-corrected chi connectivity index (χ1v) is 21.5. The van der Waals surface area contributed by atoms with Gasteiger partial charge in [0.2, 0.25) is 0 Å². The van der Waals surface area contributed by atoms with E-state index in [0.29, 0.717) is 0 Å². The minimum atomic E-state index is -1.98. The molecule has 0 aromatic heterocycles. The van der Waals surface area contributed by atoms with Crippen molar-refractivity contribution in [1.29, 1.82) is 0 Å². The van der Waals surface area contributed by atoms with Gasteiger partial charge in [-0.15, -0.1) is 0 Å². The van der Waals surface area contributed by atoms with Crippen LogP contribution in [0, 0.1) is 0 Å². The van der Waals surface area contributed by atoms with Crippen molar-refractivity contribution >= 4 is 98.7 Å². The first kappa shape index (κ1) is 30.1. The Morgan fingerprint density at radius 1 is 0.205 bits per heavy atom. The van der Waals surface area contributed by atoms with Crippen LogP contribution in [0.3, 0.4) is 0 Å². The van der Waals surface area contributed by atoms with E-state index in [1.54, 1.807) is 0 Å². The van der Waals surface area contributed by atoms with Gasteiger partial charge in [-0.1, -0.05) is 0 Å². The van der Waals surface area contributed by atoms with Crippen LogP contribution in [0.2, 0.25) is 0 Å². The molecule has 39 heavy (non-hydrogen) atoms. The van der Waals surface area contributed by atoms with Crippen molar-refractivity contribution in [2.24, 2.45) is 0 Å². The third kappa shape index (κ3) is 8.58. The summed E-state index contributed by atoms with van der Waals surface area (Å²) < 4.78 is 9.18. The van der Waals surface area contributed by atoms with Crippen LogP contribution in [0.1, 0.15) is 0 Å². The Morgan fingerprint density at radius 2 is 0.333 bits per heavy atom. The van der Waals surface area contributed by atoms with Crippen molar-refractivity contribution < 1.29 is 0 Å². The zero-order chi connectivity index (χ0) is 25.8. The van der Waals surface area contributed by atoms with Gasteiger partial charge in [0.25, 0.3) is 0 Å². The first-order valence-electron chi connectivity index (χ1n) is 13.0. The van der Waals surface area contributed by atoms with Gasteiger partial charge in [-0.25, -0.2) is 0 Å². The first-order chi connectivity index (χ1) is 18.9. The summed E-state index contributed by atoms with van der Waals surface area (Å²) in [7, 11) is 0. The standard InChI is InChI=1S/6C6H5.Ca.2Sn/c6*1-2-4-6-5-3-1;;;/h6*1-5H;;;. The number of hydrogen-bond donors (Lipinski definition) is 0. The zero-order valence-corrected chi connectivity index (χ0v) is 29.9. The van der Waals surface area contributed by atoms with Crippen molar-refractivity contribution in [1.82, 2.24) is 0 Å². The van der Waals surface area contributed by atoms with Gasteiger partial charge in [-0.05, 0) is 0 Å². The van der Waals surface area contributed by atoms with Crippen LogP contribution in [-0.2, 0) is 0 Å². The summed E-state index contributed by atoms with van der Waals surface area (Å²) in [5, 5.41) is 0. The molecule has 0 saturated heterocycles. The molecule has 0 bridgehead atoms.